The Hall–Kier alpha value is -4.55. The summed E-state index contributed by atoms with van der Waals surface area (Å²) < 4.78 is 19.4. The number of halogens is 2. The quantitative estimate of drug-likeness (QED) is 0.202. The van der Waals surface area contributed by atoms with Crippen LogP contribution in [0.3, 0.4) is 0 Å². The van der Waals surface area contributed by atoms with Crippen LogP contribution in [0.4, 0.5) is 10.1 Å². The summed E-state index contributed by atoms with van der Waals surface area (Å²) in [6, 6.07) is 23.0. The Labute approximate surface area is 240 Å². The largest absolute Gasteiger partial charge is 0.497 e. The van der Waals surface area contributed by atoms with E-state index in [0.717, 1.165) is 5.56 Å². The number of methoxy groups -OCH3 is 1. The van der Waals surface area contributed by atoms with Crippen molar-refractivity contribution >= 4 is 40.7 Å². The number of ether oxygens (including phenoxy) is 1. The van der Waals surface area contributed by atoms with Crippen LogP contribution in [-0.2, 0) is 0 Å². The lowest BCUT2D eigenvalue weighted by Crippen LogP contribution is -2.48. The molecule has 7 heteroatoms. The molecule has 0 aromatic heterocycles. The van der Waals surface area contributed by atoms with E-state index < -0.39 is 29.2 Å². The monoisotopic (exact) mass is 563 g/mol. The minimum absolute atomic E-state index is 0.278. The number of nitrogens with zero attached hydrogens (tertiary/aromatic N) is 1. The molecule has 1 saturated heterocycles. The number of Topliss-reactive ketones (excluding diaryl/α,β-unsaturated/α-hetero) is 3. The summed E-state index contributed by atoms with van der Waals surface area (Å²) in [6.07, 6.45) is 3.70. The van der Waals surface area contributed by atoms with Crippen LogP contribution >= 0.6 is 11.6 Å². The molecular weight excluding hydrogens is 541 g/mol. The van der Waals surface area contributed by atoms with Gasteiger partial charge in [0.1, 0.15) is 23.0 Å². The van der Waals surface area contributed by atoms with Crippen molar-refractivity contribution in [2.45, 2.75) is 18.0 Å². The number of rotatable bonds is 4. The summed E-state index contributed by atoms with van der Waals surface area (Å²) in [4.78, 5) is 45.8. The summed E-state index contributed by atoms with van der Waals surface area (Å²) in [5, 5.41) is 0.520. The number of fused-ring (bicyclic) bond motifs is 5. The van der Waals surface area contributed by atoms with Gasteiger partial charge in [-0.1, -0.05) is 60.2 Å². The summed E-state index contributed by atoms with van der Waals surface area (Å²) in [7, 11) is 1.54. The molecule has 0 amide bonds. The number of anilines is 1. The number of ketones is 3. The SMILES string of the molecule is COc1cccc([C@H]2[C@H](C(=O)c3ccc(F)cc3)N3c4ccc(Cl)cc4C=CC3C23C(=O)c2ccccc2C3=O)c1. The third kappa shape index (κ3) is 3.50. The van der Waals surface area contributed by atoms with Gasteiger partial charge in [-0.15, -0.1) is 0 Å². The molecule has 202 valence electrons. The van der Waals surface area contributed by atoms with Crippen LogP contribution in [0.25, 0.3) is 6.08 Å². The molecule has 3 atom stereocenters. The maximum Gasteiger partial charge on any atom is 0.185 e. The highest BCUT2D eigenvalue weighted by molar-refractivity contribution is 6.32. The number of hydrogen-bond acceptors (Lipinski definition) is 5. The third-order valence-corrected chi connectivity index (χ3v) is 8.85. The average molecular weight is 564 g/mol. The van der Waals surface area contributed by atoms with Crippen LogP contribution in [-0.4, -0.2) is 36.5 Å². The van der Waals surface area contributed by atoms with Crippen molar-refractivity contribution in [2.24, 2.45) is 5.41 Å². The molecule has 2 heterocycles. The zero-order chi connectivity index (χ0) is 28.5. The van der Waals surface area contributed by atoms with E-state index >= 15 is 0 Å². The van der Waals surface area contributed by atoms with Crippen LogP contribution in [0, 0.1) is 11.2 Å². The van der Waals surface area contributed by atoms with Gasteiger partial charge in [-0.25, -0.2) is 4.39 Å². The lowest BCUT2D eigenvalue weighted by molar-refractivity contribution is 0.0665. The van der Waals surface area contributed by atoms with Crippen molar-refractivity contribution in [3.05, 3.63) is 136 Å². The minimum atomic E-state index is -1.63. The van der Waals surface area contributed by atoms with E-state index in [4.69, 9.17) is 16.3 Å². The molecular formula is C34H23ClFNO4. The van der Waals surface area contributed by atoms with E-state index in [-0.39, 0.29) is 22.9 Å². The standard InChI is InChI=1S/C34H23ClFNO4/c1-41-24-6-4-5-21(18-24)29-30(31(38)19-9-13-23(36)14-10-19)37-27-15-12-22(35)17-20(27)11-16-28(37)34(29)32(39)25-7-2-3-8-26(25)33(34)40/h2-18,28-30H,1H3/t28?,29-,30+/m0/s1. The molecule has 2 aliphatic heterocycles. The Bertz CT molecular complexity index is 1760. The van der Waals surface area contributed by atoms with Crippen molar-refractivity contribution < 1.29 is 23.5 Å². The van der Waals surface area contributed by atoms with Gasteiger partial charge in [0.25, 0.3) is 0 Å². The van der Waals surface area contributed by atoms with Gasteiger partial charge in [-0.3, -0.25) is 14.4 Å². The number of hydrogen-bond donors (Lipinski definition) is 0. The molecule has 0 saturated carbocycles. The van der Waals surface area contributed by atoms with E-state index in [9.17, 15) is 18.8 Å². The second-order valence-electron chi connectivity index (χ2n) is 10.6. The smallest absolute Gasteiger partial charge is 0.185 e. The van der Waals surface area contributed by atoms with Gasteiger partial charge >= 0.3 is 0 Å². The van der Waals surface area contributed by atoms with Crippen LogP contribution in [0.2, 0.25) is 5.02 Å². The Morgan fingerprint density at radius 3 is 2.29 bits per heavy atom. The second-order valence-corrected chi connectivity index (χ2v) is 11.0. The van der Waals surface area contributed by atoms with E-state index in [1.807, 2.05) is 29.2 Å². The van der Waals surface area contributed by atoms with Crippen LogP contribution < -0.4 is 9.64 Å². The maximum absolute atomic E-state index is 14.6. The fourth-order valence-corrected chi connectivity index (χ4v) is 7.12. The highest BCUT2D eigenvalue weighted by Gasteiger charge is 2.71. The molecule has 5 nitrogen and oxygen atoms in total. The fourth-order valence-electron chi connectivity index (χ4n) is 6.94. The fraction of sp³-hybridized carbons (Fsp3) is 0.147. The lowest BCUT2D eigenvalue weighted by Gasteiger charge is -2.37. The van der Waals surface area contributed by atoms with E-state index in [1.165, 1.54) is 24.3 Å². The molecule has 0 N–H and O–H groups in total. The normalized spacial score (nSPS) is 21.5. The molecule has 1 fully saturated rings. The number of carbonyl (C=O) groups is 3. The van der Waals surface area contributed by atoms with Gasteiger partial charge in [-0.05, 0) is 65.7 Å². The second kappa shape index (κ2) is 9.25. The van der Waals surface area contributed by atoms with E-state index in [1.54, 1.807) is 61.7 Å². The number of benzene rings is 4. The number of carbonyl (C=O) groups excluding carboxylic acids is 3. The summed E-state index contributed by atoms with van der Waals surface area (Å²) in [5.41, 5.74) is 1.40. The molecule has 1 unspecified atom stereocenters. The van der Waals surface area contributed by atoms with Gasteiger partial charge in [0.2, 0.25) is 0 Å². The molecule has 0 bridgehead atoms. The first-order chi connectivity index (χ1) is 19.9. The van der Waals surface area contributed by atoms with Crippen molar-refractivity contribution in [3.63, 3.8) is 0 Å². The third-order valence-electron chi connectivity index (χ3n) is 8.62. The molecule has 0 radical (unpaired) electrons. The van der Waals surface area contributed by atoms with Crippen LogP contribution in [0.1, 0.15) is 48.1 Å². The first-order valence-electron chi connectivity index (χ1n) is 13.2. The van der Waals surface area contributed by atoms with Crippen LogP contribution in [0.15, 0.2) is 97.1 Å². The van der Waals surface area contributed by atoms with Crippen molar-refractivity contribution in [1.82, 2.24) is 0 Å². The minimum Gasteiger partial charge on any atom is -0.497 e. The van der Waals surface area contributed by atoms with Crippen molar-refractivity contribution in [1.29, 1.82) is 0 Å². The zero-order valence-corrected chi connectivity index (χ0v) is 22.6. The van der Waals surface area contributed by atoms with E-state index in [2.05, 4.69) is 0 Å². The lowest BCUT2D eigenvalue weighted by atomic mass is 9.64. The molecule has 7 rings (SSSR count). The zero-order valence-electron chi connectivity index (χ0n) is 21.9. The Kier molecular flexibility index (Phi) is 5.73. The summed E-state index contributed by atoms with van der Waals surface area (Å²) >= 11 is 6.34. The van der Waals surface area contributed by atoms with Crippen LogP contribution in [0.5, 0.6) is 5.75 Å². The summed E-state index contributed by atoms with van der Waals surface area (Å²) in [6.45, 7) is 0. The summed E-state index contributed by atoms with van der Waals surface area (Å²) in [5.74, 6) is -1.79. The molecule has 1 aliphatic carbocycles. The predicted molar refractivity (Wildman–Crippen MR) is 155 cm³/mol. The first-order valence-corrected chi connectivity index (χ1v) is 13.6. The topological polar surface area (TPSA) is 63.7 Å². The van der Waals surface area contributed by atoms with Gasteiger partial charge in [0, 0.05) is 33.3 Å². The Morgan fingerprint density at radius 2 is 1.61 bits per heavy atom. The Morgan fingerprint density at radius 1 is 0.902 bits per heavy atom. The molecule has 1 spiro atoms. The predicted octanol–water partition coefficient (Wildman–Crippen LogP) is 6.80. The van der Waals surface area contributed by atoms with Crippen molar-refractivity contribution in [2.75, 3.05) is 12.0 Å². The Balaban J connectivity index is 1.55. The molecule has 41 heavy (non-hydrogen) atoms. The van der Waals surface area contributed by atoms with Gasteiger partial charge in [0.15, 0.2) is 17.3 Å². The molecule has 3 aliphatic rings. The van der Waals surface area contributed by atoms with Gasteiger partial charge < -0.3 is 9.64 Å². The molecule has 4 aromatic rings. The van der Waals surface area contributed by atoms with Gasteiger partial charge in [-0.2, -0.15) is 0 Å². The highest BCUT2D eigenvalue weighted by Crippen LogP contribution is 2.61. The molecule has 4 aromatic carbocycles. The van der Waals surface area contributed by atoms with Gasteiger partial charge in [0.05, 0.1) is 13.2 Å². The van der Waals surface area contributed by atoms with Crippen molar-refractivity contribution in [3.8, 4) is 5.75 Å². The maximum atomic E-state index is 14.6. The highest BCUT2D eigenvalue weighted by atomic mass is 35.5. The first kappa shape index (κ1) is 25.4. The van der Waals surface area contributed by atoms with E-state index in [0.29, 0.717) is 33.1 Å². The average Bonchev–Trinajstić information content (AvgIpc) is 3.43.